The summed E-state index contributed by atoms with van der Waals surface area (Å²) < 4.78 is 0. The Balaban J connectivity index is 2.18. The van der Waals surface area contributed by atoms with E-state index in [1.807, 2.05) is 18.2 Å². The number of carboxylic acid groups (broad SMARTS) is 1. The fraction of sp³-hybridized carbons (Fsp3) is 0.444. The number of aliphatic imine (C=N–C) groups is 2. The van der Waals surface area contributed by atoms with Crippen LogP contribution in [0.1, 0.15) is 37.7 Å². The summed E-state index contributed by atoms with van der Waals surface area (Å²) in [7, 11) is 0. The number of carbonyl (C=O) groups excluding carboxylic acids is 4. The number of nitrogens with two attached hydrogens (primary N) is 6. The summed E-state index contributed by atoms with van der Waals surface area (Å²) in [6, 6.07) is 2.08. The van der Waals surface area contributed by atoms with E-state index in [0.717, 1.165) is 10.9 Å². The number of rotatable bonds is 19. The molecular formula is C27H42N12O6. The van der Waals surface area contributed by atoms with E-state index in [4.69, 9.17) is 34.4 Å². The largest absolute Gasteiger partial charge is 0.480 e. The number of fused-ring (bicyclic) bond motifs is 1. The lowest BCUT2D eigenvalue weighted by molar-refractivity contribution is -0.142. The molecule has 4 atom stereocenters. The van der Waals surface area contributed by atoms with E-state index >= 15 is 0 Å². The number of para-hydroxylation sites is 1. The van der Waals surface area contributed by atoms with Crippen LogP contribution in [0.3, 0.4) is 0 Å². The van der Waals surface area contributed by atoms with E-state index in [2.05, 4.69) is 30.9 Å². The number of aliphatic carboxylic acids is 1. The molecule has 45 heavy (non-hydrogen) atoms. The number of hydrogen-bond acceptors (Lipinski definition) is 8. The van der Waals surface area contributed by atoms with Crippen molar-refractivity contribution in [1.82, 2.24) is 20.9 Å². The van der Waals surface area contributed by atoms with Gasteiger partial charge in [0.2, 0.25) is 23.6 Å². The number of H-pyrrole nitrogens is 1. The van der Waals surface area contributed by atoms with Gasteiger partial charge < -0.3 is 60.4 Å². The van der Waals surface area contributed by atoms with E-state index in [1.165, 1.54) is 0 Å². The molecule has 0 radical (unpaired) electrons. The minimum Gasteiger partial charge on any atom is -0.480 e. The number of primary amides is 1. The Morgan fingerprint density at radius 1 is 0.778 bits per heavy atom. The molecule has 4 unspecified atom stereocenters. The van der Waals surface area contributed by atoms with Crippen molar-refractivity contribution in [2.75, 3.05) is 13.1 Å². The van der Waals surface area contributed by atoms with Gasteiger partial charge in [-0.1, -0.05) is 18.2 Å². The maximum Gasteiger partial charge on any atom is 0.326 e. The molecule has 18 heteroatoms. The minimum atomic E-state index is -1.48. The normalized spacial score (nSPS) is 13.4. The van der Waals surface area contributed by atoms with E-state index in [0.29, 0.717) is 12.0 Å². The molecule has 1 aromatic carbocycles. The standard InChI is InChI=1S/C27H42N12O6/c28-16(6-3-9-34-26(30)31)22(41)38-19(12-21(29)40)24(43)37-18(8-4-10-35-27(32)33)23(42)39-20(25(44)45)11-14-13-36-17-7-2-1-5-15(14)17/h1-2,5,7,13,16,18-20,36H,3-4,6,8-12,28H2,(H2,29,40)(H,37,43)(H,38,41)(H,39,42)(H,44,45)(H4,30,31,34)(H4,32,33,35). The molecule has 2 aromatic rings. The van der Waals surface area contributed by atoms with Gasteiger partial charge in [0.25, 0.3) is 0 Å². The third-order valence-electron chi connectivity index (χ3n) is 6.63. The van der Waals surface area contributed by atoms with Gasteiger partial charge in [-0.3, -0.25) is 29.2 Å². The molecule has 0 aliphatic rings. The zero-order valence-corrected chi connectivity index (χ0v) is 24.7. The average molecular weight is 631 g/mol. The molecule has 0 saturated carbocycles. The minimum absolute atomic E-state index is 0.0185. The van der Waals surface area contributed by atoms with Crippen molar-refractivity contribution >= 4 is 52.4 Å². The predicted molar refractivity (Wildman–Crippen MR) is 167 cm³/mol. The molecule has 18 nitrogen and oxygen atoms in total. The number of aromatic amines is 1. The smallest absolute Gasteiger partial charge is 0.326 e. The second kappa shape index (κ2) is 17.7. The van der Waals surface area contributed by atoms with Crippen LogP contribution in [0.25, 0.3) is 10.9 Å². The number of guanidine groups is 2. The first-order valence-electron chi connectivity index (χ1n) is 14.1. The summed E-state index contributed by atoms with van der Waals surface area (Å²) >= 11 is 0. The first-order valence-corrected chi connectivity index (χ1v) is 14.1. The number of carboxylic acids is 1. The van der Waals surface area contributed by atoms with Crippen molar-refractivity contribution in [3.63, 3.8) is 0 Å². The van der Waals surface area contributed by atoms with Crippen molar-refractivity contribution in [3.05, 3.63) is 36.0 Å². The topological polar surface area (TPSA) is 338 Å². The first kappa shape index (κ1) is 35.8. The summed E-state index contributed by atoms with van der Waals surface area (Å²) in [6.07, 6.45) is 1.72. The molecule has 1 aromatic heterocycles. The van der Waals surface area contributed by atoms with Crippen LogP contribution in [0.15, 0.2) is 40.4 Å². The second-order valence-corrected chi connectivity index (χ2v) is 10.3. The van der Waals surface area contributed by atoms with Crippen molar-refractivity contribution < 1.29 is 29.1 Å². The molecule has 0 aliphatic heterocycles. The summed E-state index contributed by atoms with van der Waals surface area (Å²) in [4.78, 5) is 73.9. The van der Waals surface area contributed by atoms with Gasteiger partial charge in [0.1, 0.15) is 18.1 Å². The highest BCUT2D eigenvalue weighted by atomic mass is 16.4. The maximum absolute atomic E-state index is 13.4. The molecule has 0 saturated heterocycles. The molecule has 246 valence electrons. The van der Waals surface area contributed by atoms with Gasteiger partial charge in [0, 0.05) is 36.6 Å². The Hall–Kier alpha value is -5.39. The maximum atomic E-state index is 13.4. The van der Waals surface area contributed by atoms with Crippen LogP contribution in [0.4, 0.5) is 0 Å². The van der Waals surface area contributed by atoms with E-state index in [9.17, 15) is 29.1 Å². The lowest BCUT2D eigenvalue weighted by atomic mass is 10.0. The number of aromatic nitrogens is 1. The fourth-order valence-corrected chi connectivity index (χ4v) is 4.38. The van der Waals surface area contributed by atoms with Crippen LogP contribution in [-0.4, -0.2) is 88.9 Å². The second-order valence-electron chi connectivity index (χ2n) is 10.3. The van der Waals surface area contributed by atoms with Gasteiger partial charge in [-0.05, 0) is 37.3 Å². The van der Waals surface area contributed by atoms with Crippen molar-refractivity contribution in [2.24, 2.45) is 44.4 Å². The monoisotopic (exact) mass is 630 g/mol. The molecule has 1 heterocycles. The zero-order chi connectivity index (χ0) is 33.5. The fourth-order valence-electron chi connectivity index (χ4n) is 4.38. The molecule has 0 fully saturated rings. The molecule has 0 bridgehead atoms. The number of amides is 4. The van der Waals surface area contributed by atoms with E-state index < -0.39 is 60.2 Å². The zero-order valence-electron chi connectivity index (χ0n) is 24.7. The Bertz CT molecular complexity index is 1400. The van der Waals surface area contributed by atoms with Crippen LogP contribution in [0.2, 0.25) is 0 Å². The Labute approximate surface area is 258 Å². The van der Waals surface area contributed by atoms with Crippen LogP contribution in [0.5, 0.6) is 0 Å². The first-order chi connectivity index (χ1) is 21.3. The number of hydrogen-bond donors (Lipinski definition) is 11. The lowest BCUT2D eigenvalue weighted by Crippen LogP contribution is -2.58. The van der Waals surface area contributed by atoms with Crippen molar-refractivity contribution in [3.8, 4) is 0 Å². The molecular weight excluding hydrogens is 588 g/mol. The number of carbonyl (C=O) groups is 5. The van der Waals surface area contributed by atoms with Crippen LogP contribution in [-0.2, 0) is 30.4 Å². The highest BCUT2D eigenvalue weighted by Crippen LogP contribution is 2.19. The quantitative estimate of drug-likeness (QED) is 0.0412. The SMILES string of the molecule is NC(=O)CC(NC(=O)C(N)CCCN=C(N)N)C(=O)NC(CCCN=C(N)N)C(=O)NC(Cc1c[nH]c2ccccc12)C(=O)O. The lowest BCUT2D eigenvalue weighted by Gasteiger charge is -2.25. The van der Waals surface area contributed by atoms with Crippen LogP contribution in [0, 0.1) is 0 Å². The van der Waals surface area contributed by atoms with Gasteiger partial charge in [-0.2, -0.15) is 0 Å². The summed E-state index contributed by atoms with van der Waals surface area (Å²) in [5, 5.41) is 18.0. The third-order valence-corrected chi connectivity index (χ3v) is 6.63. The van der Waals surface area contributed by atoms with Crippen LogP contribution < -0.4 is 50.4 Å². The summed E-state index contributed by atoms with van der Waals surface area (Å²) in [5.74, 6) is -4.98. The average Bonchev–Trinajstić information content (AvgIpc) is 3.37. The molecule has 2 rings (SSSR count). The van der Waals surface area contributed by atoms with Crippen molar-refractivity contribution in [2.45, 2.75) is 62.7 Å². The molecule has 17 N–H and O–H groups in total. The third kappa shape index (κ3) is 12.4. The molecule has 0 aliphatic carbocycles. The summed E-state index contributed by atoms with van der Waals surface area (Å²) in [5.41, 5.74) is 33.9. The number of benzene rings is 1. The van der Waals surface area contributed by atoms with Gasteiger partial charge in [-0.15, -0.1) is 0 Å². The van der Waals surface area contributed by atoms with Gasteiger partial charge >= 0.3 is 5.97 Å². The highest BCUT2D eigenvalue weighted by Gasteiger charge is 2.31. The highest BCUT2D eigenvalue weighted by molar-refractivity contribution is 5.96. The van der Waals surface area contributed by atoms with Gasteiger partial charge in [0.05, 0.1) is 12.5 Å². The van der Waals surface area contributed by atoms with E-state index in [-0.39, 0.29) is 50.7 Å². The Kier molecular flexibility index (Phi) is 14.1. The summed E-state index contributed by atoms with van der Waals surface area (Å²) in [6.45, 7) is 0.332. The Morgan fingerprint density at radius 2 is 1.33 bits per heavy atom. The number of nitrogens with zero attached hydrogens (tertiary/aromatic N) is 2. The predicted octanol–water partition coefficient (Wildman–Crippen LogP) is -3.44. The molecule has 4 amide bonds. The van der Waals surface area contributed by atoms with Gasteiger partial charge in [-0.25, -0.2) is 4.79 Å². The molecule has 0 spiro atoms. The van der Waals surface area contributed by atoms with E-state index in [1.54, 1.807) is 12.3 Å². The van der Waals surface area contributed by atoms with Gasteiger partial charge in [0.15, 0.2) is 11.9 Å². The van der Waals surface area contributed by atoms with Crippen molar-refractivity contribution in [1.29, 1.82) is 0 Å². The Morgan fingerprint density at radius 3 is 1.93 bits per heavy atom. The number of nitrogens with one attached hydrogen (secondary N) is 4. The van der Waals surface area contributed by atoms with Crippen LogP contribution >= 0.6 is 0 Å².